The minimum Gasteiger partial charge on any atom is -0.382 e. The summed E-state index contributed by atoms with van der Waals surface area (Å²) in [6, 6.07) is 16.2. The molecule has 3 aromatic rings. The van der Waals surface area contributed by atoms with Gasteiger partial charge in [0, 0.05) is 44.6 Å². The number of hydrogen-bond acceptors (Lipinski definition) is 8. The normalized spacial score (nSPS) is 15.8. The average molecular weight is 709 g/mol. The van der Waals surface area contributed by atoms with Crippen molar-refractivity contribution in [2.45, 2.75) is 50.4 Å². The lowest BCUT2D eigenvalue weighted by Gasteiger charge is -2.34. The van der Waals surface area contributed by atoms with E-state index >= 15 is 13.2 Å². The highest BCUT2D eigenvalue weighted by molar-refractivity contribution is 5.95. The van der Waals surface area contributed by atoms with E-state index in [0.717, 1.165) is 25.1 Å². The van der Waals surface area contributed by atoms with Crippen LogP contribution in [0, 0.1) is 17.1 Å². The van der Waals surface area contributed by atoms with Crippen LogP contribution in [0.5, 0.6) is 0 Å². The second-order valence-corrected chi connectivity index (χ2v) is 12.3. The number of likely N-dealkylation sites (N-methyl/N-ethyl adjacent to an activating group) is 1. The van der Waals surface area contributed by atoms with Gasteiger partial charge >= 0.3 is 11.8 Å². The highest BCUT2D eigenvalue weighted by atomic mass is 19.3. The van der Waals surface area contributed by atoms with E-state index in [4.69, 9.17) is 10.1 Å². The van der Waals surface area contributed by atoms with Crippen LogP contribution in [0.3, 0.4) is 0 Å². The molecule has 4 amide bonds. The molecule has 3 atom stereocenters. The van der Waals surface area contributed by atoms with Crippen molar-refractivity contribution in [1.29, 1.82) is 5.26 Å². The van der Waals surface area contributed by atoms with E-state index in [1.807, 2.05) is 7.05 Å². The van der Waals surface area contributed by atoms with Gasteiger partial charge in [-0.05, 0) is 49.4 Å². The molecule has 0 radical (unpaired) electrons. The minimum atomic E-state index is -4.21. The first-order chi connectivity index (χ1) is 24.2. The highest BCUT2D eigenvalue weighted by Gasteiger charge is 2.45. The maximum absolute atomic E-state index is 15.5. The molecule has 0 aliphatic carbocycles. The van der Waals surface area contributed by atoms with Crippen molar-refractivity contribution in [1.82, 2.24) is 20.6 Å². The summed E-state index contributed by atoms with van der Waals surface area (Å²) in [5.41, 5.74) is -1.60. The van der Waals surface area contributed by atoms with Gasteiger partial charge in [0.05, 0.1) is 17.3 Å². The van der Waals surface area contributed by atoms with Crippen LogP contribution in [-0.4, -0.2) is 83.9 Å². The standard InChI is InChI=1S/C36H39F3N6O6/c1-4-30(46)41-29(33(48)45-17-15-44(3)16-18-45)21-23-13-14-28(27(37)20-23)42-32(47)31(35(2,50)25-10-6-5-7-11-25)51-43-34(49)36(38,39)26-12-8-9-24(19-26)22-40/h5-14,19-20,29,31,50H,4,15-18,21H2,1-3H3,(H,41,46)(H,42,47)(H,43,49)/t29-,31?,35+/m1/s1. The van der Waals surface area contributed by atoms with Crippen LogP contribution >= 0.6 is 0 Å². The zero-order valence-corrected chi connectivity index (χ0v) is 28.3. The van der Waals surface area contributed by atoms with Crippen molar-refractivity contribution in [2.24, 2.45) is 0 Å². The maximum Gasteiger partial charge on any atom is 0.351 e. The largest absolute Gasteiger partial charge is 0.382 e. The van der Waals surface area contributed by atoms with Crippen LogP contribution in [0.15, 0.2) is 72.8 Å². The van der Waals surface area contributed by atoms with Gasteiger partial charge in [0.1, 0.15) is 17.5 Å². The Morgan fingerprint density at radius 2 is 1.65 bits per heavy atom. The lowest BCUT2D eigenvalue weighted by Crippen LogP contribution is -2.54. The predicted molar refractivity (Wildman–Crippen MR) is 179 cm³/mol. The number of carbonyl (C=O) groups is 4. The third kappa shape index (κ3) is 9.48. The first-order valence-corrected chi connectivity index (χ1v) is 16.2. The van der Waals surface area contributed by atoms with Gasteiger partial charge in [0.2, 0.25) is 11.8 Å². The SMILES string of the molecule is CCC(=O)N[C@H](Cc1ccc(NC(=O)C(ONC(=O)C(F)(F)c2cccc(C#N)c2)[C@@](C)(O)c2ccccc2)c(F)c1)C(=O)N1CCN(C)CC1. The summed E-state index contributed by atoms with van der Waals surface area (Å²) >= 11 is 0. The minimum absolute atomic E-state index is 0.0476. The number of nitrogens with zero attached hydrogens (tertiary/aromatic N) is 3. The molecule has 270 valence electrons. The lowest BCUT2D eigenvalue weighted by molar-refractivity contribution is -0.183. The van der Waals surface area contributed by atoms with Gasteiger partial charge < -0.3 is 25.5 Å². The van der Waals surface area contributed by atoms with Gasteiger partial charge in [0.15, 0.2) is 6.10 Å². The molecule has 0 aromatic heterocycles. The molecule has 4 N–H and O–H groups in total. The van der Waals surface area contributed by atoms with Gasteiger partial charge in [-0.15, -0.1) is 0 Å². The molecular formula is C36H39F3N6O6. The van der Waals surface area contributed by atoms with Gasteiger partial charge in [-0.1, -0.05) is 55.5 Å². The molecule has 15 heteroatoms. The molecule has 51 heavy (non-hydrogen) atoms. The Hall–Kier alpha value is -5.30. The number of anilines is 1. The van der Waals surface area contributed by atoms with Crippen molar-refractivity contribution >= 4 is 29.3 Å². The van der Waals surface area contributed by atoms with Crippen LogP contribution < -0.4 is 16.1 Å². The molecule has 1 unspecified atom stereocenters. The quantitative estimate of drug-likeness (QED) is 0.197. The smallest absolute Gasteiger partial charge is 0.351 e. The monoisotopic (exact) mass is 708 g/mol. The number of amides is 4. The molecule has 1 fully saturated rings. The molecule has 3 aromatic carbocycles. The fraction of sp³-hybridized carbons (Fsp3) is 0.361. The topological polar surface area (TPSA) is 164 Å². The van der Waals surface area contributed by atoms with Gasteiger partial charge in [-0.3, -0.25) is 24.0 Å². The Labute approximate surface area is 293 Å². The number of halogens is 3. The summed E-state index contributed by atoms with van der Waals surface area (Å²) in [6.07, 6.45) is -2.01. The van der Waals surface area contributed by atoms with Gasteiger partial charge in [0.25, 0.3) is 5.91 Å². The Morgan fingerprint density at radius 3 is 2.27 bits per heavy atom. The van der Waals surface area contributed by atoms with Crippen LogP contribution in [0.25, 0.3) is 0 Å². The molecule has 0 spiro atoms. The zero-order valence-electron chi connectivity index (χ0n) is 28.3. The van der Waals surface area contributed by atoms with Crippen LogP contribution in [0.2, 0.25) is 0 Å². The number of alkyl halides is 2. The van der Waals surface area contributed by atoms with Crippen molar-refractivity contribution in [3.63, 3.8) is 0 Å². The Morgan fingerprint density at radius 1 is 0.980 bits per heavy atom. The van der Waals surface area contributed by atoms with Crippen molar-refractivity contribution in [3.05, 3.63) is 101 Å². The summed E-state index contributed by atoms with van der Waals surface area (Å²) in [6.45, 7) is 5.04. The molecule has 1 aliphatic heterocycles. The molecule has 0 bridgehead atoms. The number of piperazine rings is 1. The second kappa shape index (κ2) is 16.6. The molecule has 1 heterocycles. The first kappa shape index (κ1) is 38.5. The second-order valence-electron chi connectivity index (χ2n) is 12.3. The zero-order chi connectivity index (χ0) is 37.3. The van der Waals surface area contributed by atoms with E-state index < -0.39 is 46.9 Å². The predicted octanol–water partition coefficient (Wildman–Crippen LogP) is 2.96. The van der Waals surface area contributed by atoms with Crippen molar-refractivity contribution in [2.75, 3.05) is 38.5 Å². The molecule has 1 saturated heterocycles. The third-order valence-electron chi connectivity index (χ3n) is 8.52. The number of aliphatic hydroxyl groups is 1. The molecule has 4 rings (SSSR count). The fourth-order valence-corrected chi connectivity index (χ4v) is 5.41. The highest BCUT2D eigenvalue weighted by Crippen LogP contribution is 2.31. The third-order valence-corrected chi connectivity index (χ3v) is 8.52. The van der Waals surface area contributed by atoms with Crippen LogP contribution in [0.4, 0.5) is 18.9 Å². The molecule has 12 nitrogen and oxygen atoms in total. The number of hydrogen-bond donors (Lipinski definition) is 4. The summed E-state index contributed by atoms with van der Waals surface area (Å²) < 4.78 is 45.6. The van der Waals surface area contributed by atoms with E-state index in [1.165, 1.54) is 48.5 Å². The Kier molecular flexibility index (Phi) is 12.5. The van der Waals surface area contributed by atoms with Gasteiger partial charge in [-0.2, -0.15) is 14.0 Å². The van der Waals surface area contributed by atoms with Gasteiger partial charge in [-0.25, -0.2) is 9.87 Å². The van der Waals surface area contributed by atoms with E-state index in [9.17, 15) is 24.3 Å². The summed E-state index contributed by atoms with van der Waals surface area (Å²) in [5, 5.41) is 25.5. The molecule has 0 saturated carbocycles. The Bertz CT molecular complexity index is 1780. The number of rotatable bonds is 13. The van der Waals surface area contributed by atoms with E-state index in [0.29, 0.717) is 31.7 Å². The number of nitrogens with one attached hydrogen (secondary N) is 3. The Balaban J connectivity index is 1.54. The van der Waals surface area contributed by atoms with Crippen molar-refractivity contribution < 1.29 is 42.3 Å². The number of nitriles is 1. The molecule has 1 aliphatic rings. The lowest BCUT2D eigenvalue weighted by atomic mass is 9.89. The fourth-order valence-electron chi connectivity index (χ4n) is 5.41. The molecular weight excluding hydrogens is 669 g/mol. The summed E-state index contributed by atoms with van der Waals surface area (Å²) in [7, 11) is 1.94. The van der Waals surface area contributed by atoms with Crippen LogP contribution in [-0.2, 0) is 42.0 Å². The summed E-state index contributed by atoms with van der Waals surface area (Å²) in [5.74, 6) is -9.02. The van der Waals surface area contributed by atoms with Crippen molar-refractivity contribution in [3.8, 4) is 6.07 Å². The van der Waals surface area contributed by atoms with E-state index in [2.05, 4.69) is 15.5 Å². The first-order valence-electron chi connectivity index (χ1n) is 16.2. The average Bonchev–Trinajstić information content (AvgIpc) is 3.12. The maximum atomic E-state index is 15.5. The van der Waals surface area contributed by atoms with Crippen LogP contribution in [0.1, 0.15) is 42.5 Å². The van der Waals surface area contributed by atoms with E-state index in [1.54, 1.807) is 29.4 Å². The number of benzene rings is 3. The number of hydroxylamine groups is 1. The number of carbonyl (C=O) groups excluding carboxylic acids is 4. The summed E-state index contributed by atoms with van der Waals surface area (Å²) in [4.78, 5) is 60.7. The van der Waals surface area contributed by atoms with E-state index in [-0.39, 0.29) is 41.5 Å².